The van der Waals surface area contributed by atoms with Crippen LogP contribution in [0.15, 0.2) is 23.8 Å². The third-order valence-electron chi connectivity index (χ3n) is 13.4. The van der Waals surface area contributed by atoms with Crippen molar-refractivity contribution in [1.29, 1.82) is 0 Å². The van der Waals surface area contributed by atoms with Gasteiger partial charge in [-0.3, -0.25) is 9.59 Å². The van der Waals surface area contributed by atoms with Crippen LogP contribution in [0.4, 0.5) is 0 Å². The van der Waals surface area contributed by atoms with Crippen LogP contribution in [0.1, 0.15) is 87.5 Å². The van der Waals surface area contributed by atoms with Crippen LogP contribution in [-0.4, -0.2) is 187 Å². The molecule has 4 rings (SSSR count). The average Bonchev–Trinajstić information content (AvgIpc) is 3.23. The standard InChI is InChI=1S/C46H77NO17/c1-13-33-30(22-58-45-42(57-12)41(56-11)37(52)26(5)60-45)18-23(2)14-15-31(49)24(3)19-29(16-17-48)39(25(4)32(50)20-34(51)62-33)64-44-38(53)36(47(9)10)40(27(6)61-44)63-35-21-46(8,55)43(54)28(7)59-35/h14-15,17-18,24-30,32-33,35-45,50,52-55H,13,16,19-22H2,1-12H3/b15-14+,23-18-/t24-,25-,26+,27+,28-,29+,30+,32-,33-,35+,36+,37-,38-,39-,40-,41+,42-,43+,44-,45+,46-/m0/s1. The molecule has 3 fully saturated rings. The van der Waals surface area contributed by atoms with Crippen molar-refractivity contribution in [2.24, 2.45) is 23.7 Å². The zero-order valence-corrected chi connectivity index (χ0v) is 39.7. The molecular formula is C46H77NO17. The second kappa shape index (κ2) is 24.1. The Morgan fingerprint density at radius 2 is 1.52 bits per heavy atom. The first-order chi connectivity index (χ1) is 30.1. The number of ether oxygens (including phenoxy) is 9. The van der Waals surface area contributed by atoms with E-state index in [9.17, 15) is 39.9 Å². The predicted octanol–water partition coefficient (Wildman–Crippen LogP) is 1.83. The summed E-state index contributed by atoms with van der Waals surface area (Å²) in [5, 5.41) is 55.8. The van der Waals surface area contributed by atoms with E-state index in [0.29, 0.717) is 12.0 Å². The van der Waals surface area contributed by atoms with Crippen LogP contribution < -0.4 is 0 Å². The maximum atomic E-state index is 13.8. The van der Waals surface area contributed by atoms with Crippen LogP contribution in [0.5, 0.6) is 0 Å². The van der Waals surface area contributed by atoms with Crippen molar-refractivity contribution in [3.05, 3.63) is 23.8 Å². The molecule has 64 heavy (non-hydrogen) atoms. The first-order valence-corrected chi connectivity index (χ1v) is 22.7. The average molecular weight is 916 g/mol. The highest BCUT2D eigenvalue weighted by Crippen LogP contribution is 2.37. The number of ketones is 1. The molecule has 0 bridgehead atoms. The zero-order valence-electron chi connectivity index (χ0n) is 39.7. The third-order valence-corrected chi connectivity index (χ3v) is 13.4. The fourth-order valence-corrected chi connectivity index (χ4v) is 9.51. The summed E-state index contributed by atoms with van der Waals surface area (Å²) in [4.78, 5) is 41.5. The first-order valence-electron chi connectivity index (χ1n) is 22.7. The summed E-state index contributed by atoms with van der Waals surface area (Å²) in [6.07, 6.45) is -8.49. The number of carbonyl (C=O) groups is 3. The van der Waals surface area contributed by atoms with E-state index in [2.05, 4.69) is 0 Å². The molecule has 4 aliphatic heterocycles. The van der Waals surface area contributed by atoms with Crippen LogP contribution in [-0.2, 0) is 57.0 Å². The van der Waals surface area contributed by atoms with E-state index in [1.807, 2.05) is 19.9 Å². The summed E-state index contributed by atoms with van der Waals surface area (Å²) in [6, 6.07) is -0.748. The Labute approximate surface area is 378 Å². The van der Waals surface area contributed by atoms with Crippen molar-refractivity contribution in [2.75, 3.05) is 34.9 Å². The molecule has 3 saturated heterocycles. The number of nitrogens with zero attached hydrogens (tertiary/aromatic N) is 1. The minimum Gasteiger partial charge on any atom is -0.462 e. The molecule has 0 radical (unpaired) electrons. The second-order valence-electron chi connectivity index (χ2n) is 18.7. The van der Waals surface area contributed by atoms with Crippen molar-refractivity contribution in [3.63, 3.8) is 0 Å². The van der Waals surface area contributed by atoms with Crippen LogP contribution in [0.25, 0.3) is 0 Å². The van der Waals surface area contributed by atoms with Gasteiger partial charge in [-0.2, -0.15) is 0 Å². The summed E-state index contributed by atoms with van der Waals surface area (Å²) >= 11 is 0. The smallest absolute Gasteiger partial charge is 0.308 e. The minimum atomic E-state index is -1.49. The van der Waals surface area contributed by atoms with Gasteiger partial charge in [-0.25, -0.2) is 0 Å². The van der Waals surface area contributed by atoms with Gasteiger partial charge in [-0.15, -0.1) is 0 Å². The minimum absolute atomic E-state index is 0.00788. The number of aldehydes is 1. The largest absolute Gasteiger partial charge is 0.462 e. The van der Waals surface area contributed by atoms with Crippen LogP contribution in [0.2, 0.25) is 0 Å². The summed E-state index contributed by atoms with van der Waals surface area (Å²) in [6.45, 7) is 13.6. The summed E-state index contributed by atoms with van der Waals surface area (Å²) in [5.41, 5.74) is -0.806. The quantitative estimate of drug-likeness (QED) is 0.131. The van der Waals surface area contributed by atoms with Crippen molar-refractivity contribution in [2.45, 2.75) is 191 Å². The molecule has 0 spiro atoms. The lowest BCUT2D eigenvalue weighted by Gasteiger charge is -2.50. The number of rotatable bonds is 13. The van der Waals surface area contributed by atoms with Gasteiger partial charge in [0.05, 0.1) is 55.2 Å². The molecule has 5 N–H and O–H groups in total. The number of aliphatic hydroxyl groups excluding tert-OH is 4. The number of hydrogen-bond acceptors (Lipinski definition) is 18. The highest BCUT2D eigenvalue weighted by Gasteiger charge is 2.52. The topological polar surface area (TPSA) is 239 Å². The van der Waals surface area contributed by atoms with Gasteiger partial charge in [-0.1, -0.05) is 38.5 Å². The number of aliphatic hydroxyl groups is 5. The van der Waals surface area contributed by atoms with Crippen LogP contribution in [0, 0.1) is 23.7 Å². The normalized spacial score (nSPS) is 45.9. The van der Waals surface area contributed by atoms with Gasteiger partial charge in [0, 0.05) is 44.8 Å². The van der Waals surface area contributed by atoms with Gasteiger partial charge in [0.2, 0.25) is 0 Å². The number of hydrogen-bond donors (Lipinski definition) is 5. The molecule has 0 saturated carbocycles. The molecule has 4 heterocycles. The summed E-state index contributed by atoms with van der Waals surface area (Å²) in [7, 11) is 6.43. The summed E-state index contributed by atoms with van der Waals surface area (Å²) < 4.78 is 54.7. The van der Waals surface area contributed by atoms with E-state index in [1.165, 1.54) is 27.2 Å². The van der Waals surface area contributed by atoms with Gasteiger partial charge in [0.1, 0.15) is 49.0 Å². The van der Waals surface area contributed by atoms with Gasteiger partial charge >= 0.3 is 5.97 Å². The predicted molar refractivity (Wildman–Crippen MR) is 230 cm³/mol. The lowest BCUT2D eigenvalue weighted by atomic mass is 9.79. The van der Waals surface area contributed by atoms with Crippen molar-refractivity contribution >= 4 is 18.0 Å². The zero-order chi connectivity index (χ0) is 47.8. The van der Waals surface area contributed by atoms with E-state index < -0.39 is 140 Å². The fraction of sp³-hybridized carbons (Fsp3) is 0.848. The van der Waals surface area contributed by atoms with Crippen molar-refractivity contribution in [3.8, 4) is 0 Å². The molecule has 21 atom stereocenters. The Kier molecular flexibility index (Phi) is 20.5. The molecule has 0 unspecified atom stereocenters. The number of methoxy groups -OCH3 is 2. The number of carbonyl (C=O) groups excluding carboxylic acids is 3. The Morgan fingerprint density at radius 3 is 2.11 bits per heavy atom. The molecule has 18 nitrogen and oxygen atoms in total. The van der Waals surface area contributed by atoms with E-state index >= 15 is 0 Å². The highest BCUT2D eigenvalue weighted by atomic mass is 16.7. The Hall–Kier alpha value is -2.27. The molecular weight excluding hydrogens is 838 g/mol. The number of likely N-dealkylation sites (N-methyl/N-ethyl adjacent to an activating group) is 1. The van der Waals surface area contributed by atoms with Crippen LogP contribution in [0.3, 0.4) is 0 Å². The number of allylic oxidation sites excluding steroid dienone is 3. The van der Waals surface area contributed by atoms with E-state index in [4.69, 9.17) is 42.6 Å². The monoisotopic (exact) mass is 916 g/mol. The molecule has 0 aromatic carbocycles. The lowest BCUT2D eigenvalue weighted by molar-refractivity contribution is -0.341. The molecule has 0 aliphatic carbocycles. The maximum Gasteiger partial charge on any atom is 0.308 e. The van der Waals surface area contributed by atoms with Gasteiger partial charge in [0.15, 0.2) is 24.7 Å². The van der Waals surface area contributed by atoms with Gasteiger partial charge in [0.25, 0.3) is 0 Å². The van der Waals surface area contributed by atoms with E-state index in [-0.39, 0.29) is 31.7 Å². The molecule has 368 valence electrons. The van der Waals surface area contributed by atoms with Crippen LogP contribution >= 0.6 is 0 Å². The second-order valence-corrected chi connectivity index (χ2v) is 18.7. The fourth-order valence-electron chi connectivity index (χ4n) is 9.51. The Balaban J connectivity index is 1.62. The van der Waals surface area contributed by atoms with E-state index in [0.717, 1.165) is 6.29 Å². The van der Waals surface area contributed by atoms with E-state index in [1.54, 1.807) is 59.7 Å². The van der Waals surface area contributed by atoms with Crippen molar-refractivity contribution in [1.82, 2.24) is 4.90 Å². The highest BCUT2D eigenvalue weighted by molar-refractivity contribution is 5.91. The molecule has 0 aromatic rings. The summed E-state index contributed by atoms with van der Waals surface area (Å²) in [5.74, 6) is -3.59. The van der Waals surface area contributed by atoms with Gasteiger partial charge in [-0.05, 0) is 73.5 Å². The lowest BCUT2D eigenvalue weighted by Crippen LogP contribution is -2.65. The number of esters is 1. The van der Waals surface area contributed by atoms with Crippen molar-refractivity contribution < 1.29 is 82.5 Å². The van der Waals surface area contributed by atoms with Gasteiger partial charge < -0.3 is 77.9 Å². The number of cyclic esters (lactones) is 1. The molecule has 18 heteroatoms. The third kappa shape index (κ3) is 13.5. The Morgan fingerprint density at radius 1 is 0.859 bits per heavy atom. The Bertz CT molecular complexity index is 1560. The first kappa shape index (κ1) is 54.3. The molecule has 4 aliphatic rings. The maximum absolute atomic E-state index is 13.8. The SMILES string of the molecule is CC[C@@H]1OC(=O)C[C@H](O)[C@H](C)[C@H](O[C@@H]2O[C@H](C)[C@H](O[C@@H]3C[C@](C)(O)[C@H](O)[C@H](C)O3)[C@H](N(C)C)[C@@H]2O)[C@H](CC=O)C[C@H](C)C(=O)/C=C/C(C)=C\[C@@H]1CO[C@@H]1O[C@H](C)[C@H](O)[C@@H](OC)[C@@H]1OC. The molecule has 0 aromatic heterocycles. The molecule has 0 amide bonds.